The van der Waals surface area contributed by atoms with Gasteiger partial charge in [-0.15, -0.1) is 0 Å². The van der Waals surface area contributed by atoms with Crippen LogP contribution in [0.3, 0.4) is 0 Å². The van der Waals surface area contributed by atoms with Crippen molar-refractivity contribution in [3.63, 3.8) is 0 Å². The summed E-state index contributed by atoms with van der Waals surface area (Å²) in [7, 11) is 0. The molecule has 0 heterocycles. The van der Waals surface area contributed by atoms with E-state index < -0.39 is 17.3 Å². The van der Waals surface area contributed by atoms with Gasteiger partial charge in [0.05, 0.1) is 35.7 Å². The summed E-state index contributed by atoms with van der Waals surface area (Å²) in [5, 5.41) is 0. The first-order valence-electron chi connectivity index (χ1n) is 11.1. The van der Waals surface area contributed by atoms with Gasteiger partial charge in [0.2, 0.25) is 17.3 Å². The van der Waals surface area contributed by atoms with Crippen LogP contribution in [-0.4, -0.2) is 36.0 Å². The molecule has 6 nitrogen and oxygen atoms in total. The topological polar surface area (TPSA) is 88.3 Å². The molecular formula is C30H21N3O3. The van der Waals surface area contributed by atoms with Crippen LogP contribution in [0, 0.1) is 0 Å². The predicted molar refractivity (Wildman–Crippen MR) is 143 cm³/mol. The van der Waals surface area contributed by atoms with Crippen molar-refractivity contribution in [3.05, 3.63) is 126 Å². The second-order valence-electron chi connectivity index (χ2n) is 7.67. The molecule has 6 heteroatoms. The van der Waals surface area contributed by atoms with Gasteiger partial charge in [0.15, 0.2) is 0 Å². The average molecular weight is 472 g/mol. The van der Waals surface area contributed by atoms with Gasteiger partial charge in [-0.25, -0.2) is 0 Å². The number of hydrogen-bond donors (Lipinski definition) is 0. The molecule has 0 amide bonds. The number of ketones is 3. The molecule has 0 unspecified atom stereocenters. The lowest BCUT2D eigenvalue weighted by Gasteiger charge is -2.05. The Morgan fingerprint density at radius 3 is 0.917 bits per heavy atom. The second kappa shape index (κ2) is 11.9. The number of rotatable bonds is 9. The molecule has 0 bridgehead atoms. The van der Waals surface area contributed by atoms with Gasteiger partial charge in [-0.2, -0.15) is 0 Å². The lowest BCUT2D eigenvalue weighted by Crippen LogP contribution is -2.10. The maximum atomic E-state index is 12.9. The molecule has 0 N–H and O–H groups in total. The van der Waals surface area contributed by atoms with Crippen molar-refractivity contribution in [2.24, 2.45) is 15.0 Å². The summed E-state index contributed by atoms with van der Waals surface area (Å²) in [6.45, 7) is 0. The van der Waals surface area contributed by atoms with E-state index in [2.05, 4.69) is 15.0 Å². The SMILES string of the molecule is O=C(C=Nc1ccccc1)c1cc(C(=O)C=Nc2ccccc2)cc(C(=O)C=Nc2ccccc2)c1. The van der Waals surface area contributed by atoms with Gasteiger partial charge in [0.1, 0.15) is 0 Å². The molecule has 0 aromatic heterocycles. The van der Waals surface area contributed by atoms with E-state index in [1.165, 1.54) is 36.8 Å². The molecule has 36 heavy (non-hydrogen) atoms. The van der Waals surface area contributed by atoms with Crippen LogP contribution in [-0.2, 0) is 0 Å². The van der Waals surface area contributed by atoms with Gasteiger partial charge in [0, 0.05) is 16.7 Å². The number of nitrogens with zero attached hydrogens (tertiary/aromatic N) is 3. The fourth-order valence-corrected chi connectivity index (χ4v) is 3.22. The minimum absolute atomic E-state index is 0.158. The third-order valence-electron chi connectivity index (χ3n) is 5.05. The van der Waals surface area contributed by atoms with E-state index in [9.17, 15) is 14.4 Å². The first-order valence-corrected chi connectivity index (χ1v) is 11.1. The van der Waals surface area contributed by atoms with Crippen molar-refractivity contribution >= 4 is 53.1 Å². The van der Waals surface area contributed by atoms with Gasteiger partial charge < -0.3 is 0 Å². The Morgan fingerprint density at radius 2 is 0.667 bits per heavy atom. The fourth-order valence-electron chi connectivity index (χ4n) is 3.22. The zero-order valence-corrected chi connectivity index (χ0v) is 19.2. The van der Waals surface area contributed by atoms with Gasteiger partial charge in [-0.1, -0.05) is 54.6 Å². The highest BCUT2D eigenvalue weighted by Crippen LogP contribution is 2.16. The van der Waals surface area contributed by atoms with Crippen molar-refractivity contribution in [1.29, 1.82) is 0 Å². The molecule has 0 saturated heterocycles. The Bertz CT molecular complexity index is 1270. The molecule has 0 radical (unpaired) electrons. The quantitative estimate of drug-likeness (QED) is 0.208. The highest BCUT2D eigenvalue weighted by molar-refractivity contribution is 6.40. The van der Waals surface area contributed by atoms with Crippen LogP contribution in [0.4, 0.5) is 17.1 Å². The van der Waals surface area contributed by atoms with Crippen molar-refractivity contribution in [2.75, 3.05) is 0 Å². The highest BCUT2D eigenvalue weighted by Gasteiger charge is 2.14. The fraction of sp³-hybridized carbons (Fsp3) is 0. The number of carbonyl (C=O) groups is 3. The van der Waals surface area contributed by atoms with E-state index in [4.69, 9.17) is 0 Å². The zero-order chi connectivity index (χ0) is 25.2. The summed E-state index contributed by atoms with van der Waals surface area (Å²) in [5.74, 6) is -1.33. The Hall–Kier alpha value is -5.10. The highest BCUT2D eigenvalue weighted by atomic mass is 16.1. The summed E-state index contributed by atoms with van der Waals surface area (Å²) >= 11 is 0. The summed E-state index contributed by atoms with van der Waals surface area (Å²) in [6.07, 6.45) is 3.51. The largest absolute Gasteiger partial charge is 0.288 e. The summed E-state index contributed by atoms with van der Waals surface area (Å²) in [6, 6.07) is 31.3. The Kier molecular flexibility index (Phi) is 7.91. The lowest BCUT2D eigenvalue weighted by molar-refractivity contribution is 0.106. The van der Waals surface area contributed by atoms with Crippen LogP contribution in [0.5, 0.6) is 0 Å². The van der Waals surface area contributed by atoms with E-state index in [-0.39, 0.29) is 16.7 Å². The molecule has 0 aliphatic rings. The zero-order valence-electron chi connectivity index (χ0n) is 19.2. The van der Waals surface area contributed by atoms with Crippen molar-refractivity contribution in [2.45, 2.75) is 0 Å². The molecule has 4 aromatic carbocycles. The predicted octanol–water partition coefficient (Wildman–Crippen LogP) is 6.44. The molecular weight excluding hydrogens is 450 g/mol. The van der Waals surface area contributed by atoms with Crippen LogP contribution in [0.1, 0.15) is 31.1 Å². The van der Waals surface area contributed by atoms with E-state index in [1.807, 2.05) is 54.6 Å². The van der Waals surface area contributed by atoms with Crippen molar-refractivity contribution in [3.8, 4) is 0 Å². The minimum atomic E-state index is -0.442. The first kappa shape index (κ1) is 24.0. The third kappa shape index (κ3) is 6.71. The number of benzene rings is 4. The van der Waals surface area contributed by atoms with Crippen molar-refractivity contribution < 1.29 is 14.4 Å². The summed E-state index contributed by atoms with van der Waals surface area (Å²) < 4.78 is 0. The maximum absolute atomic E-state index is 12.9. The van der Waals surface area contributed by atoms with Gasteiger partial charge in [-0.3, -0.25) is 29.4 Å². The smallest absolute Gasteiger partial charge is 0.204 e. The lowest BCUT2D eigenvalue weighted by atomic mass is 9.99. The van der Waals surface area contributed by atoms with Crippen LogP contribution in [0.25, 0.3) is 0 Å². The van der Waals surface area contributed by atoms with Crippen LogP contribution in [0.15, 0.2) is 124 Å². The van der Waals surface area contributed by atoms with Crippen LogP contribution < -0.4 is 0 Å². The molecule has 4 aromatic rings. The summed E-state index contributed by atoms with van der Waals surface area (Å²) in [5.41, 5.74) is 2.30. The second-order valence-corrected chi connectivity index (χ2v) is 7.67. The number of hydrogen-bond acceptors (Lipinski definition) is 6. The number of Topliss-reactive ketones (excluding diaryl/α,β-unsaturated/α-hetero) is 3. The molecule has 174 valence electrons. The molecule has 0 aliphatic carbocycles. The van der Waals surface area contributed by atoms with E-state index >= 15 is 0 Å². The standard InChI is InChI=1S/C30H21N3O3/c34-28(19-31-25-10-4-1-5-11-25)22-16-23(29(35)20-32-26-12-6-2-7-13-26)18-24(17-22)30(36)21-33-27-14-8-3-9-15-27/h1-21H. The van der Waals surface area contributed by atoms with Crippen LogP contribution >= 0.6 is 0 Å². The normalized spacial score (nSPS) is 11.3. The van der Waals surface area contributed by atoms with E-state index in [1.54, 1.807) is 36.4 Å². The van der Waals surface area contributed by atoms with Gasteiger partial charge >= 0.3 is 0 Å². The third-order valence-corrected chi connectivity index (χ3v) is 5.05. The van der Waals surface area contributed by atoms with Gasteiger partial charge in [-0.05, 0) is 54.6 Å². The Labute approximate surface area is 208 Å². The molecule has 0 atom stereocenters. The molecule has 4 rings (SSSR count). The molecule has 0 saturated carbocycles. The van der Waals surface area contributed by atoms with E-state index in [0.717, 1.165) is 0 Å². The Morgan fingerprint density at radius 1 is 0.417 bits per heavy atom. The maximum Gasteiger partial charge on any atom is 0.204 e. The number of para-hydroxylation sites is 3. The average Bonchev–Trinajstić information content (AvgIpc) is 2.94. The minimum Gasteiger partial charge on any atom is -0.288 e. The first-order chi connectivity index (χ1) is 17.6. The Balaban J connectivity index is 1.65. The summed E-state index contributed by atoms with van der Waals surface area (Å²) in [4.78, 5) is 51.2. The monoisotopic (exact) mass is 471 g/mol. The van der Waals surface area contributed by atoms with Crippen molar-refractivity contribution in [1.82, 2.24) is 0 Å². The van der Waals surface area contributed by atoms with Crippen LogP contribution in [0.2, 0.25) is 0 Å². The van der Waals surface area contributed by atoms with Gasteiger partial charge in [0.25, 0.3) is 0 Å². The number of aliphatic imine (C=N–C) groups is 3. The molecule has 0 fully saturated rings. The molecule has 0 spiro atoms. The van der Waals surface area contributed by atoms with E-state index in [0.29, 0.717) is 17.1 Å². The number of carbonyl (C=O) groups excluding carboxylic acids is 3. The molecule has 0 aliphatic heterocycles.